The molecule has 3 aromatic rings. The van der Waals surface area contributed by atoms with Crippen molar-refractivity contribution in [2.75, 3.05) is 13.1 Å². The zero-order chi connectivity index (χ0) is 33.9. The molecule has 1 N–H and O–H groups in total. The maximum atomic E-state index is 13.8. The standard InChI is InChI=1S/C28H25F2N5O3S.C2HF3O2/c1-14-20(24(36)34-8-5-28(29,30)6-9-34)18(10-15(12-31)33-14)17-4-7-32-19-11-16(39-23(17)19)13-35-25(37)21-22(26(35)38)27(21,2)3;3-2(4,5)1(6)7/h4,7,10-11,21-22H,5-6,8-9,13H2,1-3H3;(H,6,7). The van der Waals surface area contributed by atoms with Gasteiger partial charge >= 0.3 is 12.1 Å². The van der Waals surface area contributed by atoms with Crippen molar-refractivity contribution in [3.8, 4) is 17.2 Å². The van der Waals surface area contributed by atoms with Crippen LogP contribution in [0.2, 0.25) is 0 Å². The number of aliphatic carboxylic acids is 1. The first-order valence-corrected chi connectivity index (χ1v) is 14.8. The van der Waals surface area contributed by atoms with Crippen molar-refractivity contribution >= 4 is 45.2 Å². The van der Waals surface area contributed by atoms with Crippen LogP contribution in [0.25, 0.3) is 21.3 Å². The fourth-order valence-corrected chi connectivity index (χ4v) is 7.13. The third-order valence-electron chi connectivity index (χ3n) is 8.51. The molecule has 46 heavy (non-hydrogen) atoms. The van der Waals surface area contributed by atoms with Gasteiger partial charge in [-0.15, -0.1) is 11.3 Å². The van der Waals surface area contributed by atoms with Crippen LogP contribution in [0, 0.1) is 35.5 Å². The van der Waals surface area contributed by atoms with Gasteiger partial charge in [0.2, 0.25) is 11.8 Å². The van der Waals surface area contributed by atoms with Crippen LogP contribution in [-0.2, 0) is 20.9 Å². The molecule has 0 aromatic carbocycles. The van der Waals surface area contributed by atoms with Gasteiger partial charge in [0.15, 0.2) is 0 Å². The SMILES string of the molecule is Cc1nc(C#N)cc(-c2ccnc3cc(CN4C(=O)C5C(C4=O)C5(C)C)sc23)c1C(=O)N1CCC(F)(F)CC1.O=C(O)C(F)(F)F. The fourth-order valence-electron chi connectivity index (χ4n) is 6.00. The Balaban J connectivity index is 0.000000537. The Kier molecular flexibility index (Phi) is 8.13. The van der Waals surface area contributed by atoms with Gasteiger partial charge in [-0.2, -0.15) is 18.4 Å². The zero-order valence-electron chi connectivity index (χ0n) is 24.6. The Morgan fingerprint density at radius 1 is 1.11 bits per heavy atom. The molecule has 2 atom stereocenters. The molecule has 16 heteroatoms. The summed E-state index contributed by atoms with van der Waals surface area (Å²) in [4.78, 5) is 60.5. The number of piperidine rings is 2. The number of hydrogen-bond acceptors (Lipinski definition) is 8. The number of amides is 3. The minimum absolute atomic E-state index is 0.0731. The number of alkyl halides is 5. The van der Waals surface area contributed by atoms with Crippen LogP contribution in [0.3, 0.4) is 0 Å². The van der Waals surface area contributed by atoms with Crippen molar-refractivity contribution in [2.45, 2.75) is 52.3 Å². The molecule has 6 rings (SSSR count). The van der Waals surface area contributed by atoms with Gasteiger partial charge in [-0.25, -0.2) is 18.6 Å². The van der Waals surface area contributed by atoms with Crippen LogP contribution in [0.5, 0.6) is 0 Å². The average Bonchev–Trinajstić information content (AvgIpc) is 3.21. The zero-order valence-corrected chi connectivity index (χ0v) is 25.4. The van der Waals surface area contributed by atoms with Gasteiger partial charge in [-0.3, -0.25) is 24.3 Å². The summed E-state index contributed by atoms with van der Waals surface area (Å²) in [6, 6.07) is 7.13. The number of hydrogen-bond donors (Lipinski definition) is 1. The highest BCUT2D eigenvalue weighted by Crippen LogP contribution is 2.63. The topological polar surface area (TPSA) is 145 Å². The number of pyridine rings is 2. The number of nitrogens with zero attached hydrogens (tertiary/aromatic N) is 5. The van der Waals surface area contributed by atoms with E-state index >= 15 is 0 Å². The predicted octanol–water partition coefficient (Wildman–Crippen LogP) is 5.18. The fraction of sp³-hybridized carbons (Fsp3) is 0.433. The quantitative estimate of drug-likeness (QED) is 0.297. The second-order valence-electron chi connectivity index (χ2n) is 11.9. The van der Waals surface area contributed by atoms with E-state index in [-0.39, 0.29) is 60.0 Å². The summed E-state index contributed by atoms with van der Waals surface area (Å²) < 4.78 is 60.0. The normalized spacial score (nSPS) is 21.4. The number of carbonyl (C=O) groups is 4. The lowest BCUT2D eigenvalue weighted by Crippen LogP contribution is -2.43. The smallest absolute Gasteiger partial charge is 0.475 e. The number of likely N-dealkylation sites (tertiary alicyclic amines) is 2. The van der Waals surface area contributed by atoms with Crippen LogP contribution in [0.4, 0.5) is 22.0 Å². The number of rotatable bonds is 4. The molecule has 2 saturated heterocycles. The third-order valence-corrected chi connectivity index (χ3v) is 9.65. The molecule has 5 heterocycles. The van der Waals surface area contributed by atoms with E-state index in [0.29, 0.717) is 22.3 Å². The summed E-state index contributed by atoms with van der Waals surface area (Å²) >= 11 is 1.36. The molecule has 3 aromatic heterocycles. The van der Waals surface area contributed by atoms with E-state index < -0.39 is 36.8 Å². The predicted molar refractivity (Wildman–Crippen MR) is 152 cm³/mol. The Morgan fingerprint density at radius 2 is 1.70 bits per heavy atom. The maximum Gasteiger partial charge on any atom is 0.490 e. The Morgan fingerprint density at radius 3 is 2.24 bits per heavy atom. The lowest BCUT2D eigenvalue weighted by molar-refractivity contribution is -0.192. The third kappa shape index (κ3) is 5.91. The van der Waals surface area contributed by atoms with Crippen molar-refractivity contribution in [3.63, 3.8) is 0 Å². The highest BCUT2D eigenvalue weighted by molar-refractivity contribution is 7.19. The van der Waals surface area contributed by atoms with Crippen molar-refractivity contribution in [3.05, 3.63) is 46.2 Å². The van der Waals surface area contributed by atoms with Gasteiger partial charge in [0.05, 0.1) is 39.9 Å². The summed E-state index contributed by atoms with van der Waals surface area (Å²) in [6.07, 6.45) is -4.30. The summed E-state index contributed by atoms with van der Waals surface area (Å²) in [5, 5.41) is 16.7. The van der Waals surface area contributed by atoms with E-state index in [2.05, 4.69) is 9.97 Å². The summed E-state index contributed by atoms with van der Waals surface area (Å²) in [7, 11) is 0. The largest absolute Gasteiger partial charge is 0.490 e. The first kappa shape index (κ1) is 32.9. The lowest BCUT2D eigenvalue weighted by Gasteiger charge is -2.32. The molecule has 0 radical (unpaired) electrons. The molecule has 0 spiro atoms. The van der Waals surface area contributed by atoms with E-state index in [1.54, 1.807) is 19.2 Å². The van der Waals surface area contributed by atoms with Crippen LogP contribution in [-0.4, -0.2) is 73.8 Å². The molecular formula is C30H26F5N5O5S. The van der Waals surface area contributed by atoms with Crippen LogP contribution in [0.1, 0.15) is 53.3 Å². The molecule has 1 aliphatic carbocycles. The van der Waals surface area contributed by atoms with E-state index in [1.807, 2.05) is 26.0 Å². The van der Waals surface area contributed by atoms with Crippen molar-refractivity contribution in [2.24, 2.45) is 17.3 Å². The van der Waals surface area contributed by atoms with E-state index in [1.165, 1.54) is 27.2 Å². The Bertz CT molecular complexity index is 1800. The Hall–Kier alpha value is -4.52. The average molecular weight is 664 g/mol. The second-order valence-corrected chi connectivity index (χ2v) is 13.0. The van der Waals surface area contributed by atoms with Gasteiger partial charge in [-0.05, 0) is 30.5 Å². The molecule has 2 unspecified atom stereocenters. The molecule has 3 fully saturated rings. The van der Waals surface area contributed by atoms with E-state index in [9.17, 15) is 41.6 Å². The molecule has 242 valence electrons. The second kappa shape index (κ2) is 11.4. The van der Waals surface area contributed by atoms with E-state index in [4.69, 9.17) is 9.90 Å². The molecule has 3 aliphatic rings. The number of aromatic nitrogens is 2. The van der Waals surface area contributed by atoms with Crippen molar-refractivity contribution in [1.82, 2.24) is 19.8 Å². The minimum atomic E-state index is -5.08. The lowest BCUT2D eigenvalue weighted by atomic mass is 9.96. The molecule has 1 saturated carbocycles. The van der Waals surface area contributed by atoms with E-state index in [0.717, 1.165) is 9.58 Å². The minimum Gasteiger partial charge on any atom is -0.475 e. The highest BCUT2D eigenvalue weighted by Gasteiger charge is 2.72. The number of carboxylic acid groups (broad SMARTS) is 1. The van der Waals surface area contributed by atoms with Gasteiger partial charge in [0.25, 0.3) is 11.8 Å². The summed E-state index contributed by atoms with van der Waals surface area (Å²) in [5.41, 5.74) is 2.18. The first-order chi connectivity index (χ1) is 21.4. The van der Waals surface area contributed by atoms with Crippen molar-refractivity contribution < 1.29 is 46.2 Å². The van der Waals surface area contributed by atoms with Crippen LogP contribution >= 0.6 is 11.3 Å². The van der Waals surface area contributed by atoms with Crippen LogP contribution in [0.15, 0.2) is 24.4 Å². The summed E-state index contributed by atoms with van der Waals surface area (Å²) in [5.74, 6) is -6.79. The number of thiophene rings is 1. The molecule has 2 aliphatic heterocycles. The Labute approximate surface area is 262 Å². The van der Waals surface area contributed by atoms with Crippen LogP contribution < -0.4 is 0 Å². The van der Waals surface area contributed by atoms with Crippen molar-refractivity contribution in [1.29, 1.82) is 5.26 Å². The number of carbonyl (C=O) groups excluding carboxylic acids is 3. The number of aryl methyl sites for hydroxylation is 1. The molecule has 0 bridgehead atoms. The molecular weight excluding hydrogens is 637 g/mol. The molecule has 10 nitrogen and oxygen atoms in total. The monoisotopic (exact) mass is 663 g/mol. The molecule has 3 amide bonds. The van der Waals surface area contributed by atoms with Gasteiger partial charge in [0.1, 0.15) is 11.8 Å². The number of carboxylic acids is 1. The number of nitriles is 1. The number of fused-ring (bicyclic) bond motifs is 2. The number of imide groups is 1. The first-order valence-electron chi connectivity index (χ1n) is 14.0. The maximum absolute atomic E-state index is 13.8. The van der Waals surface area contributed by atoms with Gasteiger partial charge in [0, 0.05) is 48.1 Å². The highest BCUT2D eigenvalue weighted by atomic mass is 32.1. The summed E-state index contributed by atoms with van der Waals surface area (Å²) in [6.45, 7) is 5.50. The number of halogens is 5. The van der Waals surface area contributed by atoms with Gasteiger partial charge in [-0.1, -0.05) is 13.8 Å². The van der Waals surface area contributed by atoms with Gasteiger partial charge < -0.3 is 10.0 Å².